The number of rotatable bonds is 7. The van der Waals surface area contributed by atoms with Crippen LogP contribution in [0.5, 0.6) is 5.75 Å². The molecule has 0 saturated carbocycles. The van der Waals surface area contributed by atoms with Gasteiger partial charge >= 0.3 is 0 Å². The van der Waals surface area contributed by atoms with Gasteiger partial charge in [0.15, 0.2) is 5.78 Å². The van der Waals surface area contributed by atoms with E-state index in [2.05, 4.69) is 15.4 Å². The minimum Gasteiger partial charge on any atom is -0.491 e. The van der Waals surface area contributed by atoms with Crippen LogP contribution in [-0.4, -0.2) is 43.8 Å². The number of ether oxygens (including phenoxy) is 1. The zero-order valence-corrected chi connectivity index (χ0v) is 14.8. The van der Waals surface area contributed by atoms with E-state index in [1.807, 2.05) is 0 Å². The molecule has 0 bridgehead atoms. The average Bonchev–Trinajstić information content (AvgIpc) is 3.09. The quantitative estimate of drug-likeness (QED) is 0.641. The van der Waals surface area contributed by atoms with Crippen LogP contribution in [0.3, 0.4) is 0 Å². The van der Waals surface area contributed by atoms with Crippen molar-refractivity contribution in [3.63, 3.8) is 0 Å². The zero-order chi connectivity index (χ0) is 18.5. The van der Waals surface area contributed by atoms with Crippen molar-refractivity contribution in [2.45, 2.75) is 19.6 Å². The number of hydrogen-bond donors (Lipinski definition) is 1. The van der Waals surface area contributed by atoms with E-state index in [9.17, 15) is 9.90 Å². The monoisotopic (exact) mass is 372 g/mol. The highest BCUT2D eigenvalue weighted by molar-refractivity contribution is 6.30. The molecule has 0 aliphatic carbocycles. The van der Waals surface area contributed by atoms with Gasteiger partial charge in [-0.1, -0.05) is 23.7 Å². The third-order valence-electron chi connectivity index (χ3n) is 3.61. The lowest BCUT2D eigenvalue weighted by atomic mass is 10.1. The molecule has 1 N–H and O–H groups in total. The van der Waals surface area contributed by atoms with E-state index in [0.717, 1.165) is 5.56 Å². The smallest absolute Gasteiger partial charge is 0.204 e. The molecule has 0 fully saturated rings. The van der Waals surface area contributed by atoms with Gasteiger partial charge in [0, 0.05) is 16.1 Å². The highest BCUT2D eigenvalue weighted by Crippen LogP contribution is 2.17. The van der Waals surface area contributed by atoms with Gasteiger partial charge in [0.05, 0.1) is 6.54 Å². The molecule has 0 aliphatic heterocycles. The maximum atomic E-state index is 11.4. The van der Waals surface area contributed by atoms with Crippen molar-refractivity contribution >= 4 is 17.4 Å². The van der Waals surface area contributed by atoms with Gasteiger partial charge in [-0.25, -0.2) is 0 Å². The van der Waals surface area contributed by atoms with Crippen molar-refractivity contribution in [3.8, 4) is 17.1 Å². The van der Waals surface area contributed by atoms with E-state index >= 15 is 0 Å². The number of tetrazole rings is 1. The molecular weight excluding hydrogens is 356 g/mol. The number of carbonyl (C=O) groups excluding carboxylic acids is 1. The minimum absolute atomic E-state index is 0.0408. The summed E-state index contributed by atoms with van der Waals surface area (Å²) < 4.78 is 5.53. The summed E-state index contributed by atoms with van der Waals surface area (Å²) in [4.78, 5) is 12.7. The van der Waals surface area contributed by atoms with Crippen molar-refractivity contribution in [2.24, 2.45) is 0 Å². The van der Waals surface area contributed by atoms with Gasteiger partial charge in [0.1, 0.15) is 18.5 Å². The second-order valence-electron chi connectivity index (χ2n) is 5.72. The number of aliphatic hydroxyl groups excluding tert-OH is 1. The van der Waals surface area contributed by atoms with Crippen molar-refractivity contribution in [1.82, 2.24) is 20.2 Å². The van der Waals surface area contributed by atoms with Crippen molar-refractivity contribution in [3.05, 3.63) is 59.1 Å². The number of ketones is 1. The molecule has 2 aromatic carbocycles. The average molecular weight is 373 g/mol. The van der Waals surface area contributed by atoms with Crippen LogP contribution in [0.1, 0.15) is 17.3 Å². The summed E-state index contributed by atoms with van der Waals surface area (Å²) >= 11 is 5.86. The van der Waals surface area contributed by atoms with Crippen LogP contribution in [-0.2, 0) is 6.54 Å². The lowest BCUT2D eigenvalue weighted by Crippen LogP contribution is -2.25. The summed E-state index contributed by atoms with van der Waals surface area (Å²) in [5, 5.41) is 22.9. The Balaban J connectivity index is 1.57. The molecule has 0 radical (unpaired) electrons. The van der Waals surface area contributed by atoms with E-state index in [1.165, 1.54) is 11.7 Å². The van der Waals surface area contributed by atoms with E-state index < -0.39 is 6.10 Å². The summed E-state index contributed by atoms with van der Waals surface area (Å²) in [6, 6.07) is 13.9. The third kappa shape index (κ3) is 4.65. The van der Waals surface area contributed by atoms with E-state index in [1.54, 1.807) is 48.5 Å². The summed E-state index contributed by atoms with van der Waals surface area (Å²) in [5.74, 6) is 0.923. The van der Waals surface area contributed by atoms with Gasteiger partial charge in [0.2, 0.25) is 5.82 Å². The SMILES string of the molecule is CC(=O)c1cccc(OCC(O)Cn2nnc(-c3ccc(Cl)cc3)n2)c1. The van der Waals surface area contributed by atoms with Crippen LogP contribution in [0.4, 0.5) is 0 Å². The van der Waals surface area contributed by atoms with Crippen molar-refractivity contribution in [1.29, 1.82) is 0 Å². The molecule has 1 aromatic heterocycles. The highest BCUT2D eigenvalue weighted by atomic mass is 35.5. The predicted molar refractivity (Wildman–Crippen MR) is 96.2 cm³/mol. The Bertz CT molecular complexity index is 895. The molecule has 1 unspecified atom stereocenters. The van der Waals surface area contributed by atoms with E-state index in [-0.39, 0.29) is 18.9 Å². The molecule has 3 rings (SSSR count). The van der Waals surface area contributed by atoms with Gasteiger partial charge in [-0.15, -0.1) is 10.2 Å². The molecule has 1 heterocycles. The predicted octanol–water partition coefficient (Wildman–Crippen LogP) is 2.64. The summed E-state index contributed by atoms with van der Waals surface area (Å²) in [6.45, 7) is 1.66. The van der Waals surface area contributed by atoms with Crippen LogP contribution >= 0.6 is 11.6 Å². The second kappa shape index (κ2) is 8.07. The van der Waals surface area contributed by atoms with E-state index in [0.29, 0.717) is 22.2 Å². The first-order valence-electron chi connectivity index (χ1n) is 7.97. The molecule has 7 nitrogen and oxygen atoms in total. The standard InChI is InChI=1S/C18H17ClN4O3/c1-12(24)14-3-2-4-17(9-14)26-11-16(25)10-23-21-18(20-22-23)13-5-7-15(19)8-6-13/h2-9,16,25H,10-11H2,1H3. The Labute approximate surface area is 155 Å². The molecule has 1 atom stereocenters. The van der Waals surface area contributed by atoms with Crippen LogP contribution in [0.2, 0.25) is 5.02 Å². The maximum Gasteiger partial charge on any atom is 0.204 e. The Hall–Kier alpha value is -2.77. The number of aliphatic hydroxyl groups is 1. The largest absolute Gasteiger partial charge is 0.491 e. The van der Waals surface area contributed by atoms with Crippen LogP contribution < -0.4 is 4.74 Å². The number of benzene rings is 2. The van der Waals surface area contributed by atoms with Crippen LogP contribution in [0.25, 0.3) is 11.4 Å². The number of Topliss-reactive ketones (excluding diaryl/α,β-unsaturated/α-hetero) is 1. The molecule has 26 heavy (non-hydrogen) atoms. The van der Waals surface area contributed by atoms with E-state index in [4.69, 9.17) is 16.3 Å². The fourth-order valence-electron chi connectivity index (χ4n) is 2.27. The molecule has 0 amide bonds. The maximum absolute atomic E-state index is 11.4. The molecular formula is C18H17ClN4O3. The topological polar surface area (TPSA) is 90.1 Å². The number of hydrogen-bond acceptors (Lipinski definition) is 6. The second-order valence-corrected chi connectivity index (χ2v) is 6.16. The molecule has 134 valence electrons. The molecule has 0 aliphatic rings. The molecule has 3 aromatic rings. The van der Waals surface area contributed by atoms with Gasteiger partial charge in [-0.05, 0) is 48.5 Å². The number of carbonyl (C=O) groups is 1. The van der Waals surface area contributed by atoms with Gasteiger partial charge in [-0.3, -0.25) is 4.79 Å². The summed E-state index contributed by atoms with van der Waals surface area (Å²) in [7, 11) is 0. The molecule has 0 spiro atoms. The minimum atomic E-state index is -0.830. The van der Waals surface area contributed by atoms with Crippen molar-refractivity contribution in [2.75, 3.05) is 6.61 Å². The number of nitrogens with zero attached hydrogens (tertiary/aromatic N) is 4. The Morgan fingerprint density at radius 2 is 2.04 bits per heavy atom. The highest BCUT2D eigenvalue weighted by Gasteiger charge is 2.11. The number of halogens is 1. The summed E-state index contributed by atoms with van der Waals surface area (Å²) in [5.41, 5.74) is 1.34. The van der Waals surface area contributed by atoms with Gasteiger partial charge < -0.3 is 9.84 Å². The van der Waals surface area contributed by atoms with Gasteiger partial charge in [-0.2, -0.15) is 4.80 Å². The molecule has 0 saturated heterocycles. The normalized spacial score (nSPS) is 12.0. The fraction of sp³-hybridized carbons (Fsp3) is 0.222. The zero-order valence-electron chi connectivity index (χ0n) is 14.0. The Kier molecular flexibility index (Phi) is 5.60. The van der Waals surface area contributed by atoms with Crippen molar-refractivity contribution < 1.29 is 14.6 Å². The fourth-order valence-corrected chi connectivity index (χ4v) is 2.40. The Morgan fingerprint density at radius 1 is 1.27 bits per heavy atom. The summed E-state index contributed by atoms with van der Waals surface area (Å²) in [6.07, 6.45) is -0.830. The Morgan fingerprint density at radius 3 is 2.77 bits per heavy atom. The van der Waals surface area contributed by atoms with Crippen LogP contribution in [0, 0.1) is 0 Å². The lowest BCUT2D eigenvalue weighted by Gasteiger charge is -2.11. The molecule has 8 heteroatoms. The lowest BCUT2D eigenvalue weighted by molar-refractivity contribution is 0.0849. The third-order valence-corrected chi connectivity index (χ3v) is 3.86. The first kappa shape index (κ1) is 18.0. The van der Waals surface area contributed by atoms with Crippen LogP contribution in [0.15, 0.2) is 48.5 Å². The first-order valence-corrected chi connectivity index (χ1v) is 8.34. The number of aromatic nitrogens is 4. The first-order chi connectivity index (χ1) is 12.5. The van der Waals surface area contributed by atoms with Gasteiger partial charge in [0.25, 0.3) is 0 Å².